The van der Waals surface area contributed by atoms with Gasteiger partial charge in [-0.3, -0.25) is 24.0 Å². The zero-order valence-electron chi connectivity index (χ0n) is 30.3. The van der Waals surface area contributed by atoms with Gasteiger partial charge in [0.15, 0.2) is 0 Å². The smallest absolute Gasteiger partial charge is 0.243 e. The average molecular weight is 736 g/mol. The number of carbonyl (C=O) groups excluding carboxylic acids is 5. The lowest BCUT2D eigenvalue weighted by Crippen LogP contribution is -2.59. The summed E-state index contributed by atoms with van der Waals surface area (Å²) < 4.78 is 0. The number of aromatic nitrogens is 2. The molecule has 0 saturated heterocycles. The van der Waals surface area contributed by atoms with Crippen LogP contribution < -0.4 is 38.5 Å². The first-order chi connectivity index (χ1) is 26.0. The van der Waals surface area contributed by atoms with E-state index in [2.05, 4.69) is 31.2 Å². The molecule has 54 heavy (non-hydrogen) atoms. The van der Waals surface area contributed by atoms with Crippen molar-refractivity contribution in [3.63, 3.8) is 0 Å². The largest absolute Gasteiger partial charge is 0.368 e. The lowest BCUT2D eigenvalue weighted by molar-refractivity contribution is -0.134. The Labute approximate surface area is 313 Å². The standard InChI is InChI=1S/C40H49N9O5/c1-24(42)37(51)47-34(20-26-22-44-30-15-7-5-13-28(26)30)39(53)49-35(21-27-23-45-31-16-8-6-14-29(27)31)40(54)48-33(19-25-11-3-2-4-12-25)38(52)46-32(36(43)50)17-9-10-18-41/h2-8,11-16,22-24,32-35,44-45H,9-10,17-21,41-42H2,1H3,(H2,43,50)(H,46,52)(H,47,51)(H,48,54)(H,49,53)/t24-,32+,33+,34-,35-/m1/s1. The fraction of sp³-hybridized carbons (Fsp3) is 0.325. The third-order valence-electron chi connectivity index (χ3n) is 9.40. The number of H-pyrrole nitrogens is 2. The molecule has 0 aliphatic heterocycles. The summed E-state index contributed by atoms with van der Waals surface area (Å²) in [6.45, 7) is 1.94. The highest BCUT2D eigenvalue weighted by molar-refractivity contribution is 5.97. The fourth-order valence-corrected chi connectivity index (χ4v) is 6.42. The van der Waals surface area contributed by atoms with E-state index in [9.17, 15) is 24.0 Å². The van der Waals surface area contributed by atoms with Gasteiger partial charge in [-0.1, -0.05) is 66.7 Å². The van der Waals surface area contributed by atoms with Gasteiger partial charge in [0.1, 0.15) is 24.2 Å². The van der Waals surface area contributed by atoms with E-state index in [1.807, 2.05) is 78.9 Å². The van der Waals surface area contributed by atoms with Crippen molar-refractivity contribution in [3.05, 3.63) is 108 Å². The van der Waals surface area contributed by atoms with Gasteiger partial charge >= 0.3 is 0 Å². The third kappa shape index (κ3) is 10.3. The number of benzene rings is 3. The number of fused-ring (bicyclic) bond motifs is 2. The molecule has 5 atom stereocenters. The van der Waals surface area contributed by atoms with Crippen molar-refractivity contribution in [2.45, 2.75) is 75.7 Å². The molecule has 5 rings (SSSR count). The summed E-state index contributed by atoms with van der Waals surface area (Å²) in [5.41, 5.74) is 21.1. The van der Waals surface area contributed by atoms with Crippen molar-refractivity contribution in [2.75, 3.05) is 6.54 Å². The van der Waals surface area contributed by atoms with E-state index in [-0.39, 0.29) is 25.7 Å². The van der Waals surface area contributed by atoms with Crippen LogP contribution >= 0.6 is 0 Å². The van der Waals surface area contributed by atoms with Gasteiger partial charge in [0.25, 0.3) is 0 Å². The number of hydrogen-bond donors (Lipinski definition) is 9. The van der Waals surface area contributed by atoms with E-state index in [4.69, 9.17) is 17.2 Å². The maximum atomic E-state index is 14.4. The molecule has 14 heteroatoms. The number of aromatic amines is 2. The molecule has 0 unspecified atom stereocenters. The Bertz CT molecular complexity index is 2060. The maximum absolute atomic E-state index is 14.4. The lowest BCUT2D eigenvalue weighted by atomic mass is 10.00. The van der Waals surface area contributed by atoms with Crippen molar-refractivity contribution < 1.29 is 24.0 Å². The highest BCUT2D eigenvalue weighted by Crippen LogP contribution is 2.21. The first-order valence-electron chi connectivity index (χ1n) is 18.1. The summed E-state index contributed by atoms with van der Waals surface area (Å²) >= 11 is 0. The molecule has 5 amide bonds. The molecule has 5 aromatic rings. The average Bonchev–Trinajstić information content (AvgIpc) is 3.77. The minimum atomic E-state index is -1.20. The highest BCUT2D eigenvalue weighted by atomic mass is 16.2. The van der Waals surface area contributed by atoms with Crippen LogP contribution in [-0.2, 0) is 43.2 Å². The van der Waals surface area contributed by atoms with Gasteiger partial charge in [0, 0.05) is 53.5 Å². The number of unbranched alkanes of at least 4 members (excludes halogenated alkanes) is 1. The highest BCUT2D eigenvalue weighted by Gasteiger charge is 2.32. The van der Waals surface area contributed by atoms with Crippen molar-refractivity contribution in [1.29, 1.82) is 0 Å². The lowest BCUT2D eigenvalue weighted by Gasteiger charge is -2.26. The van der Waals surface area contributed by atoms with Crippen LogP contribution in [0.3, 0.4) is 0 Å². The number of rotatable bonds is 19. The molecule has 12 N–H and O–H groups in total. The summed E-state index contributed by atoms with van der Waals surface area (Å²) in [5, 5.41) is 12.9. The third-order valence-corrected chi connectivity index (χ3v) is 9.40. The van der Waals surface area contributed by atoms with Crippen LogP contribution in [0.5, 0.6) is 0 Å². The van der Waals surface area contributed by atoms with Crippen LogP contribution in [0.4, 0.5) is 0 Å². The molecule has 0 aliphatic rings. The Hall–Kier alpha value is -5.99. The van der Waals surface area contributed by atoms with Gasteiger partial charge in [-0.15, -0.1) is 0 Å². The molecule has 2 heterocycles. The molecular formula is C40H49N9O5. The molecule has 0 saturated carbocycles. The minimum Gasteiger partial charge on any atom is -0.368 e. The zero-order valence-corrected chi connectivity index (χ0v) is 30.3. The molecule has 0 radical (unpaired) electrons. The Kier molecular flexibility index (Phi) is 13.6. The van der Waals surface area contributed by atoms with Gasteiger partial charge in [0.05, 0.1) is 6.04 Å². The number of nitrogens with two attached hydrogens (primary N) is 3. The van der Waals surface area contributed by atoms with E-state index in [0.717, 1.165) is 38.5 Å². The van der Waals surface area contributed by atoms with Crippen LogP contribution in [-0.4, -0.2) is 76.3 Å². The summed E-state index contributed by atoms with van der Waals surface area (Å²) in [6, 6.07) is 18.9. The normalized spacial score (nSPS) is 14.1. The first kappa shape index (κ1) is 39.2. The molecule has 0 fully saturated rings. The van der Waals surface area contributed by atoms with Crippen LogP contribution in [0.2, 0.25) is 0 Å². The van der Waals surface area contributed by atoms with E-state index in [1.54, 1.807) is 12.4 Å². The van der Waals surface area contributed by atoms with Gasteiger partial charge < -0.3 is 48.4 Å². The fourth-order valence-electron chi connectivity index (χ4n) is 6.42. The van der Waals surface area contributed by atoms with E-state index >= 15 is 0 Å². The van der Waals surface area contributed by atoms with Crippen molar-refractivity contribution in [1.82, 2.24) is 31.2 Å². The van der Waals surface area contributed by atoms with Gasteiger partial charge in [-0.2, -0.15) is 0 Å². The molecule has 0 aliphatic carbocycles. The Morgan fingerprint density at radius 3 is 1.52 bits per heavy atom. The van der Waals surface area contributed by atoms with E-state index in [1.165, 1.54) is 6.92 Å². The topological polar surface area (TPSA) is 243 Å². The molecule has 2 aromatic heterocycles. The number of primary amides is 1. The maximum Gasteiger partial charge on any atom is 0.243 e. The monoisotopic (exact) mass is 735 g/mol. The summed E-state index contributed by atoms with van der Waals surface area (Å²) in [7, 11) is 0. The molecule has 0 bridgehead atoms. The summed E-state index contributed by atoms with van der Waals surface area (Å²) in [5.74, 6) is -3.12. The minimum absolute atomic E-state index is 0.0469. The Morgan fingerprint density at radius 2 is 1.04 bits per heavy atom. The quantitative estimate of drug-likeness (QED) is 0.0567. The molecule has 284 valence electrons. The van der Waals surface area contributed by atoms with Crippen LogP contribution in [0.25, 0.3) is 21.8 Å². The van der Waals surface area contributed by atoms with Gasteiger partial charge in [-0.05, 0) is 61.6 Å². The van der Waals surface area contributed by atoms with E-state index < -0.39 is 59.7 Å². The first-order valence-corrected chi connectivity index (χ1v) is 18.1. The van der Waals surface area contributed by atoms with E-state index in [0.29, 0.717) is 19.4 Å². The predicted molar refractivity (Wildman–Crippen MR) is 208 cm³/mol. The van der Waals surface area contributed by atoms with Crippen molar-refractivity contribution >= 4 is 51.3 Å². The zero-order chi connectivity index (χ0) is 38.6. The second kappa shape index (κ2) is 18.7. The van der Waals surface area contributed by atoms with Crippen molar-refractivity contribution in [2.24, 2.45) is 17.2 Å². The molecular weight excluding hydrogens is 686 g/mol. The SMILES string of the molecule is C[C@@H](N)C(=O)N[C@H](Cc1c[nH]c2ccccc12)C(=O)N[C@H](Cc1c[nH]c2ccccc12)C(=O)N[C@@H](Cc1ccccc1)C(=O)N[C@@H](CCCCN)C(N)=O. The van der Waals surface area contributed by atoms with Crippen molar-refractivity contribution in [3.8, 4) is 0 Å². The number of para-hydroxylation sites is 2. The number of carbonyl (C=O) groups is 5. The van der Waals surface area contributed by atoms with Crippen LogP contribution in [0.15, 0.2) is 91.3 Å². The van der Waals surface area contributed by atoms with Gasteiger partial charge in [0.2, 0.25) is 29.5 Å². The molecule has 3 aromatic carbocycles. The number of hydrogen-bond acceptors (Lipinski definition) is 7. The van der Waals surface area contributed by atoms with Crippen LogP contribution in [0.1, 0.15) is 42.9 Å². The summed E-state index contributed by atoms with van der Waals surface area (Å²) in [4.78, 5) is 74.0. The molecule has 0 spiro atoms. The Balaban J connectivity index is 1.45. The van der Waals surface area contributed by atoms with Crippen LogP contribution in [0, 0.1) is 0 Å². The van der Waals surface area contributed by atoms with Gasteiger partial charge in [-0.25, -0.2) is 0 Å². The summed E-state index contributed by atoms with van der Waals surface area (Å²) in [6.07, 6.45) is 5.29. The second-order valence-corrected chi connectivity index (χ2v) is 13.5. The second-order valence-electron chi connectivity index (χ2n) is 13.5. The predicted octanol–water partition coefficient (Wildman–Crippen LogP) is 1.58. The number of amides is 5. The number of nitrogens with one attached hydrogen (secondary N) is 6. The molecule has 14 nitrogen and oxygen atoms in total. The Morgan fingerprint density at radius 1 is 0.593 bits per heavy atom.